The number of hydrogen-bond acceptors (Lipinski definition) is 6. The van der Waals surface area contributed by atoms with E-state index in [1.165, 1.54) is 0 Å². The van der Waals surface area contributed by atoms with Gasteiger partial charge in [-0.1, -0.05) is 36.4 Å². The summed E-state index contributed by atoms with van der Waals surface area (Å²) in [5, 5.41) is 9.12. The molecule has 5 atom stereocenters. The number of ether oxygens (including phenoxy) is 1. The third kappa shape index (κ3) is 5.13. The van der Waals surface area contributed by atoms with Crippen LogP contribution in [0.4, 0.5) is 11.4 Å². The molecule has 44 heavy (non-hydrogen) atoms. The number of rotatable bonds is 9. The van der Waals surface area contributed by atoms with Crippen molar-refractivity contribution < 1.29 is 24.2 Å². The summed E-state index contributed by atoms with van der Waals surface area (Å²) < 4.78 is 4.74. The van der Waals surface area contributed by atoms with Gasteiger partial charge in [-0.25, -0.2) is 0 Å². The van der Waals surface area contributed by atoms with Crippen molar-refractivity contribution in [3.05, 3.63) is 77.9 Å². The lowest BCUT2D eigenvalue weighted by molar-refractivity contribution is -0.138. The second-order valence-corrected chi connectivity index (χ2v) is 13.6. The van der Waals surface area contributed by atoms with Crippen LogP contribution in [0.15, 0.2) is 66.8 Å². The Kier molecular flexibility index (Phi) is 8.61. The maximum atomic E-state index is 14.7. The Bertz CT molecular complexity index is 1490. The highest BCUT2D eigenvalue weighted by Gasteiger charge is 2.71. The average Bonchev–Trinajstić information content (AvgIpc) is 3.32. The molecule has 232 valence electrons. The van der Waals surface area contributed by atoms with Gasteiger partial charge in [0, 0.05) is 42.9 Å². The third-order valence-electron chi connectivity index (χ3n) is 9.33. The van der Waals surface area contributed by atoms with Crippen molar-refractivity contribution in [1.29, 1.82) is 0 Å². The number of unbranched alkanes of at least 4 members (excludes halogenated alkanes) is 2. The van der Waals surface area contributed by atoms with Crippen molar-refractivity contribution >= 4 is 40.9 Å². The van der Waals surface area contributed by atoms with Crippen molar-refractivity contribution in [2.45, 2.75) is 56.1 Å². The van der Waals surface area contributed by atoms with Crippen molar-refractivity contribution in [1.82, 2.24) is 4.90 Å². The van der Waals surface area contributed by atoms with Crippen LogP contribution in [0.2, 0.25) is 0 Å². The Morgan fingerprint density at radius 3 is 2.45 bits per heavy atom. The molecule has 2 saturated heterocycles. The number of carbonyl (C=O) groups excluding carboxylic acids is 3. The van der Waals surface area contributed by atoms with Gasteiger partial charge in [0.2, 0.25) is 11.8 Å². The largest absolute Gasteiger partial charge is 0.494 e. The number of aliphatic hydroxyl groups excluding tert-OH is 1. The van der Waals surface area contributed by atoms with Crippen LogP contribution in [-0.4, -0.2) is 76.6 Å². The highest BCUT2D eigenvalue weighted by molar-refractivity contribution is 8.02. The van der Waals surface area contributed by atoms with Gasteiger partial charge in [0.1, 0.15) is 11.8 Å². The first-order chi connectivity index (χ1) is 21.3. The van der Waals surface area contributed by atoms with Gasteiger partial charge < -0.3 is 24.5 Å². The minimum absolute atomic E-state index is 0.0911. The van der Waals surface area contributed by atoms with Crippen LogP contribution in [-0.2, 0) is 14.4 Å². The smallest absolute Gasteiger partial charge is 0.251 e. The molecule has 3 amide bonds. The minimum atomic E-state index is -0.866. The second kappa shape index (κ2) is 12.4. The summed E-state index contributed by atoms with van der Waals surface area (Å²) in [6.07, 6.45) is 10.2. The molecular formula is C35H41N3O5S. The summed E-state index contributed by atoms with van der Waals surface area (Å²) in [7, 11) is 0. The summed E-state index contributed by atoms with van der Waals surface area (Å²) in [6.45, 7) is 7.82. The quantitative estimate of drug-likeness (QED) is 0.326. The molecule has 0 bridgehead atoms. The van der Waals surface area contributed by atoms with Crippen molar-refractivity contribution in [3.8, 4) is 5.75 Å². The molecule has 1 unspecified atom stereocenters. The maximum Gasteiger partial charge on any atom is 0.251 e. The molecular weight excluding hydrogens is 574 g/mol. The number of likely N-dealkylation sites (tertiary alicyclic amines) is 1. The summed E-state index contributed by atoms with van der Waals surface area (Å²) in [4.78, 5) is 49.1. The van der Waals surface area contributed by atoms with E-state index in [1.54, 1.807) is 21.6 Å². The summed E-state index contributed by atoms with van der Waals surface area (Å²) in [5.41, 5.74) is 3.66. The SMILES string of the molecule is CCOc1ccc(N2CC=C[C@@H]3S[C@]45C=CCN(c6cc(C)ccc6C)C(=O)C4N(CCCCCO)C(=O)[C@@H]5[C@@H]3C2=O)cc1. The molecule has 0 saturated carbocycles. The molecule has 0 aromatic heterocycles. The number of thioether (sulfide) groups is 1. The lowest BCUT2D eigenvalue weighted by atomic mass is 9.78. The fraction of sp³-hybridized carbons (Fsp3) is 0.457. The van der Waals surface area contributed by atoms with E-state index in [0.29, 0.717) is 39.1 Å². The number of anilines is 2. The molecule has 4 heterocycles. The van der Waals surface area contributed by atoms with Gasteiger partial charge in [-0.15, -0.1) is 11.8 Å². The predicted octanol–water partition coefficient (Wildman–Crippen LogP) is 4.67. The second-order valence-electron chi connectivity index (χ2n) is 12.1. The van der Waals surface area contributed by atoms with Gasteiger partial charge in [0.15, 0.2) is 0 Å². The van der Waals surface area contributed by atoms with Crippen LogP contribution in [0, 0.1) is 25.7 Å². The molecule has 8 nitrogen and oxygen atoms in total. The monoisotopic (exact) mass is 615 g/mol. The summed E-state index contributed by atoms with van der Waals surface area (Å²) in [6, 6.07) is 12.9. The normalized spacial score (nSPS) is 27.7. The maximum absolute atomic E-state index is 14.7. The zero-order valence-corrected chi connectivity index (χ0v) is 26.5. The van der Waals surface area contributed by atoms with Crippen LogP contribution in [0.25, 0.3) is 0 Å². The van der Waals surface area contributed by atoms with E-state index in [4.69, 9.17) is 4.74 Å². The van der Waals surface area contributed by atoms with Gasteiger partial charge in [0.25, 0.3) is 5.91 Å². The van der Waals surface area contributed by atoms with Crippen LogP contribution in [0.3, 0.4) is 0 Å². The molecule has 4 aliphatic heterocycles. The molecule has 6 rings (SSSR count). The fourth-order valence-corrected chi connectivity index (χ4v) is 9.30. The number of carbonyl (C=O) groups is 3. The fourth-order valence-electron chi connectivity index (χ4n) is 7.29. The molecule has 1 N–H and O–H groups in total. The van der Waals surface area contributed by atoms with Crippen LogP contribution in [0.1, 0.15) is 37.3 Å². The van der Waals surface area contributed by atoms with E-state index in [1.807, 2.05) is 80.3 Å². The van der Waals surface area contributed by atoms with Crippen LogP contribution in [0.5, 0.6) is 5.75 Å². The lowest BCUT2D eigenvalue weighted by Gasteiger charge is -2.35. The molecule has 2 aromatic rings. The number of benzene rings is 2. The van der Waals surface area contributed by atoms with Crippen molar-refractivity contribution in [3.63, 3.8) is 0 Å². The first kappa shape index (κ1) is 30.5. The standard InChI is InChI=1S/C35H41N3O5S/c1-4-43-26-15-13-25(14-16-26)36-19-8-10-28-29(32(36)40)30-33(41)38(18-6-5-7-21-39)31-34(42)37(20-9-17-35(30,31)44-28)27-22-23(2)11-12-24(27)3/h8-17,22,28-31,39H,4-7,18-21H2,1-3H3/t28-,29+,30-,31?,35-/m0/s1. The van der Waals surface area contributed by atoms with Crippen LogP contribution < -0.4 is 14.5 Å². The number of fused-ring (bicyclic) bond motifs is 2. The Labute approximate surface area is 263 Å². The van der Waals surface area contributed by atoms with E-state index in [2.05, 4.69) is 12.2 Å². The Hall–Kier alpha value is -3.56. The summed E-state index contributed by atoms with van der Waals surface area (Å²) in [5.74, 6) is -0.861. The zero-order chi connectivity index (χ0) is 31.0. The minimum Gasteiger partial charge on any atom is -0.494 e. The Balaban J connectivity index is 1.39. The topological polar surface area (TPSA) is 90.4 Å². The van der Waals surface area contributed by atoms with Gasteiger partial charge >= 0.3 is 0 Å². The first-order valence-corrected chi connectivity index (χ1v) is 16.5. The van der Waals surface area contributed by atoms with Crippen molar-refractivity contribution in [2.75, 3.05) is 42.6 Å². The molecule has 2 aromatic carbocycles. The predicted molar refractivity (Wildman–Crippen MR) is 174 cm³/mol. The zero-order valence-electron chi connectivity index (χ0n) is 25.6. The number of nitrogens with zero attached hydrogens (tertiary/aromatic N) is 3. The van der Waals surface area contributed by atoms with Gasteiger partial charge in [0.05, 0.1) is 23.2 Å². The van der Waals surface area contributed by atoms with Crippen molar-refractivity contribution in [2.24, 2.45) is 11.8 Å². The number of amides is 3. The molecule has 0 radical (unpaired) electrons. The summed E-state index contributed by atoms with van der Waals surface area (Å²) >= 11 is 1.60. The Morgan fingerprint density at radius 1 is 0.932 bits per heavy atom. The first-order valence-electron chi connectivity index (χ1n) is 15.7. The molecule has 0 aliphatic carbocycles. The molecule has 9 heteroatoms. The van der Waals surface area contributed by atoms with E-state index in [-0.39, 0.29) is 29.6 Å². The van der Waals surface area contributed by atoms with Gasteiger partial charge in [-0.05, 0) is 81.5 Å². The van der Waals surface area contributed by atoms with Gasteiger partial charge in [-0.2, -0.15) is 0 Å². The molecule has 2 fully saturated rings. The number of aliphatic hydroxyl groups is 1. The molecule has 4 aliphatic rings. The van der Waals surface area contributed by atoms with Gasteiger partial charge in [-0.3, -0.25) is 14.4 Å². The Morgan fingerprint density at radius 2 is 1.70 bits per heavy atom. The number of hydrogen-bond donors (Lipinski definition) is 1. The average molecular weight is 616 g/mol. The molecule has 1 spiro atoms. The van der Waals surface area contributed by atoms with E-state index < -0.39 is 22.6 Å². The highest BCUT2D eigenvalue weighted by Crippen LogP contribution is 2.61. The lowest BCUT2D eigenvalue weighted by Crippen LogP contribution is -2.53. The highest BCUT2D eigenvalue weighted by atomic mass is 32.2. The van der Waals surface area contributed by atoms with E-state index in [0.717, 1.165) is 34.7 Å². The number of aryl methyl sites for hydroxylation is 2. The third-order valence-corrected chi connectivity index (χ3v) is 11.1. The van der Waals surface area contributed by atoms with E-state index in [9.17, 15) is 19.5 Å². The van der Waals surface area contributed by atoms with E-state index >= 15 is 0 Å². The van der Waals surface area contributed by atoms with Crippen LogP contribution >= 0.6 is 11.8 Å².